The molecule has 2 heterocycles. The number of aromatic nitrogens is 4. The summed E-state index contributed by atoms with van der Waals surface area (Å²) in [6.07, 6.45) is 9.05. The molecule has 6 rings (SSSR count). The summed E-state index contributed by atoms with van der Waals surface area (Å²) in [6, 6.07) is 35.0. The van der Waals surface area contributed by atoms with Gasteiger partial charge in [0.2, 0.25) is 12.7 Å². The van der Waals surface area contributed by atoms with Crippen LogP contribution in [0.5, 0.6) is 0 Å². The summed E-state index contributed by atoms with van der Waals surface area (Å²) in [7, 11) is 0. The number of rotatable bonds is 8. The normalized spacial score (nSPS) is 11.7. The molecule has 0 aliphatic rings. The smallest absolute Gasteiger partial charge is 0.226 e. The molecule has 0 aliphatic carbocycles. The molecular formula is C34H34N4+2. The lowest BCUT2D eigenvalue weighted by molar-refractivity contribution is -0.663. The van der Waals surface area contributed by atoms with E-state index >= 15 is 0 Å². The number of para-hydroxylation sites is 4. The molecule has 0 amide bonds. The van der Waals surface area contributed by atoms with Crippen molar-refractivity contribution < 1.29 is 9.13 Å². The van der Waals surface area contributed by atoms with Gasteiger partial charge in [0, 0.05) is 0 Å². The number of hydrogen-bond acceptors (Lipinski definition) is 0. The van der Waals surface area contributed by atoms with Gasteiger partial charge in [-0.05, 0) is 61.4 Å². The summed E-state index contributed by atoms with van der Waals surface area (Å²) < 4.78 is 9.37. The van der Waals surface area contributed by atoms with Crippen molar-refractivity contribution in [3.05, 3.63) is 144 Å². The molecule has 0 spiro atoms. The molecule has 0 radical (unpaired) electrons. The number of hydrogen-bond donors (Lipinski definition) is 0. The van der Waals surface area contributed by atoms with Crippen LogP contribution in [-0.2, 0) is 26.2 Å². The fourth-order valence-electron chi connectivity index (χ4n) is 5.18. The number of imidazole rings is 2. The van der Waals surface area contributed by atoms with Gasteiger partial charge in [-0.25, -0.2) is 18.3 Å². The van der Waals surface area contributed by atoms with Gasteiger partial charge in [-0.15, -0.1) is 0 Å². The first kappa shape index (κ1) is 23.9. The summed E-state index contributed by atoms with van der Waals surface area (Å²) in [5.41, 5.74) is 10.3. The van der Waals surface area contributed by atoms with E-state index in [1.807, 2.05) is 0 Å². The van der Waals surface area contributed by atoms with Crippen LogP contribution < -0.4 is 9.13 Å². The Morgan fingerprint density at radius 2 is 0.921 bits per heavy atom. The number of benzene rings is 4. The minimum Gasteiger partial charge on any atom is -0.226 e. The lowest BCUT2D eigenvalue weighted by Gasteiger charge is -1.99. The van der Waals surface area contributed by atoms with E-state index < -0.39 is 0 Å². The Labute approximate surface area is 224 Å². The van der Waals surface area contributed by atoms with Gasteiger partial charge in [0.15, 0.2) is 22.1 Å². The van der Waals surface area contributed by atoms with Gasteiger partial charge >= 0.3 is 0 Å². The maximum Gasteiger partial charge on any atom is 0.245 e. The third-order valence-electron chi connectivity index (χ3n) is 7.28. The van der Waals surface area contributed by atoms with Crippen molar-refractivity contribution in [1.82, 2.24) is 9.13 Å². The number of fused-ring (bicyclic) bond motifs is 2. The highest BCUT2D eigenvalue weighted by molar-refractivity contribution is 5.72. The summed E-state index contributed by atoms with van der Waals surface area (Å²) in [4.78, 5) is 0. The van der Waals surface area contributed by atoms with Crippen molar-refractivity contribution in [3.8, 4) is 0 Å². The fraction of sp³-hybridized carbons (Fsp3) is 0.176. The number of nitrogens with zero attached hydrogens (tertiary/aromatic N) is 4. The number of allylic oxidation sites excluding steroid dienone is 2. The largest absolute Gasteiger partial charge is 0.245 e. The van der Waals surface area contributed by atoms with Crippen LogP contribution in [0.3, 0.4) is 0 Å². The standard InChI is InChI=1S/C34H34N4/c1-27-13-17-29(18-14-27)23-37-25-35(31-9-3-5-11-33(31)37)21-7-8-22-36-26-38(34-12-6-4-10-32(34)36)24-30-19-15-28(2)16-20-30/h3-20,25-26H,21-24H2,1-2H3/q+2/b8-7+. The quantitative estimate of drug-likeness (QED) is 0.177. The van der Waals surface area contributed by atoms with Gasteiger partial charge in [-0.2, -0.15) is 0 Å². The summed E-state index contributed by atoms with van der Waals surface area (Å²) in [5, 5.41) is 0. The Kier molecular flexibility index (Phi) is 6.62. The molecule has 0 atom stereocenters. The third-order valence-corrected chi connectivity index (χ3v) is 7.28. The van der Waals surface area contributed by atoms with Crippen LogP contribution in [-0.4, -0.2) is 9.13 Å². The molecule has 4 aromatic carbocycles. The molecule has 0 fully saturated rings. The van der Waals surface area contributed by atoms with Crippen molar-refractivity contribution in [1.29, 1.82) is 0 Å². The van der Waals surface area contributed by atoms with E-state index in [2.05, 4.69) is 154 Å². The maximum absolute atomic E-state index is 2.35. The minimum atomic E-state index is 0.837. The monoisotopic (exact) mass is 498 g/mol. The molecule has 0 unspecified atom stereocenters. The second kappa shape index (κ2) is 10.5. The first-order valence-electron chi connectivity index (χ1n) is 13.3. The Bertz CT molecular complexity index is 1590. The van der Waals surface area contributed by atoms with Crippen molar-refractivity contribution in [3.63, 3.8) is 0 Å². The van der Waals surface area contributed by atoms with E-state index in [0.29, 0.717) is 0 Å². The molecule has 4 nitrogen and oxygen atoms in total. The lowest BCUT2D eigenvalue weighted by Crippen LogP contribution is -2.32. The van der Waals surface area contributed by atoms with E-state index in [4.69, 9.17) is 0 Å². The fourth-order valence-corrected chi connectivity index (χ4v) is 5.18. The summed E-state index contributed by atoms with van der Waals surface area (Å²) in [5.74, 6) is 0. The van der Waals surface area contributed by atoms with Crippen molar-refractivity contribution >= 4 is 22.1 Å². The average molecular weight is 499 g/mol. The zero-order valence-electron chi connectivity index (χ0n) is 22.2. The molecular weight excluding hydrogens is 464 g/mol. The average Bonchev–Trinajstić information content (AvgIpc) is 3.47. The highest BCUT2D eigenvalue weighted by atomic mass is 15.1. The molecule has 0 bridgehead atoms. The number of aryl methyl sites for hydroxylation is 2. The van der Waals surface area contributed by atoms with Crippen LogP contribution in [0.2, 0.25) is 0 Å². The molecule has 0 saturated heterocycles. The Morgan fingerprint density at radius 1 is 0.526 bits per heavy atom. The van der Waals surface area contributed by atoms with Crippen LogP contribution in [0.25, 0.3) is 22.1 Å². The van der Waals surface area contributed by atoms with Crippen LogP contribution in [0.4, 0.5) is 0 Å². The van der Waals surface area contributed by atoms with E-state index in [1.54, 1.807) is 0 Å². The van der Waals surface area contributed by atoms with E-state index in [0.717, 1.165) is 26.2 Å². The van der Waals surface area contributed by atoms with Crippen LogP contribution in [0.15, 0.2) is 122 Å². The van der Waals surface area contributed by atoms with Crippen LogP contribution >= 0.6 is 0 Å². The van der Waals surface area contributed by atoms with E-state index in [1.165, 1.54) is 44.3 Å². The van der Waals surface area contributed by atoms with Gasteiger partial charge in [0.1, 0.15) is 26.2 Å². The third kappa shape index (κ3) is 5.03. The molecule has 0 N–H and O–H groups in total. The predicted molar refractivity (Wildman–Crippen MR) is 154 cm³/mol. The SMILES string of the molecule is Cc1ccc(C[n+]2cn(C/C=C/Cn3c[n+](Cc4ccc(C)cc4)c4ccccc43)c3ccccc32)cc1. The highest BCUT2D eigenvalue weighted by Crippen LogP contribution is 2.14. The lowest BCUT2D eigenvalue weighted by atomic mass is 10.1. The van der Waals surface area contributed by atoms with Crippen molar-refractivity contribution in [2.75, 3.05) is 0 Å². The molecule has 0 aliphatic heterocycles. The van der Waals surface area contributed by atoms with Crippen LogP contribution in [0, 0.1) is 13.8 Å². The van der Waals surface area contributed by atoms with Crippen molar-refractivity contribution in [2.24, 2.45) is 0 Å². The van der Waals surface area contributed by atoms with Gasteiger partial charge in [-0.1, -0.05) is 83.9 Å². The summed E-state index contributed by atoms with van der Waals surface area (Å²) in [6.45, 7) is 7.68. The second-order valence-electron chi connectivity index (χ2n) is 10.2. The Balaban J connectivity index is 1.20. The zero-order valence-corrected chi connectivity index (χ0v) is 22.2. The molecule has 4 heteroatoms. The van der Waals surface area contributed by atoms with Crippen molar-refractivity contribution in [2.45, 2.75) is 40.0 Å². The van der Waals surface area contributed by atoms with Crippen LogP contribution in [0.1, 0.15) is 22.3 Å². The van der Waals surface area contributed by atoms with E-state index in [-0.39, 0.29) is 0 Å². The topological polar surface area (TPSA) is 17.6 Å². The first-order chi connectivity index (χ1) is 18.6. The Morgan fingerprint density at radius 3 is 1.34 bits per heavy atom. The van der Waals surface area contributed by atoms with Gasteiger partial charge in [-0.3, -0.25) is 0 Å². The molecule has 188 valence electrons. The molecule has 6 aromatic rings. The highest BCUT2D eigenvalue weighted by Gasteiger charge is 2.16. The van der Waals surface area contributed by atoms with Gasteiger partial charge < -0.3 is 0 Å². The van der Waals surface area contributed by atoms with Gasteiger partial charge in [0.05, 0.1) is 0 Å². The Hall–Kier alpha value is -4.44. The first-order valence-corrected chi connectivity index (χ1v) is 13.3. The summed E-state index contributed by atoms with van der Waals surface area (Å²) >= 11 is 0. The van der Waals surface area contributed by atoms with Gasteiger partial charge in [0.25, 0.3) is 0 Å². The second-order valence-corrected chi connectivity index (χ2v) is 10.2. The zero-order chi connectivity index (χ0) is 25.9. The minimum absolute atomic E-state index is 0.837. The molecule has 0 saturated carbocycles. The molecule has 38 heavy (non-hydrogen) atoms. The maximum atomic E-state index is 2.35. The van der Waals surface area contributed by atoms with E-state index in [9.17, 15) is 0 Å². The predicted octanol–water partition coefficient (Wildman–Crippen LogP) is 6.14. The molecule has 2 aromatic heterocycles.